The van der Waals surface area contributed by atoms with E-state index in [1.807, 2.05) is 0 Å². The topological polar surface area (TPSA) is 45.4 Å². The Bertz CT molecular complexity index is 425. The summed E-state index contributed by atoms with van der Waals surface area (Å²) in [5.74, 6) is 1.47. The van der Waals surface area contributed by atoms with Gasteiger partial charge in [0.05, 0.1) is 0 Å². The second-order valence-electron chi connectivity index (χ2n) is 5.77. The van der Waals surface area contributed by atoms with Crippen LogP contribution in [0.5, 0.6) is 0 Å². The molecule has 1 atom stereocenters. The highest BCUT2D eigenvalue weighted by Crippen LogP contribution is 2.49. The number of hydrogen-bond acceptors (Lipinski definition) is 5. The number of anilines is 2. The fraction of sp³-hybridized carbons (Fsp3) is 0.769. The Kier molecular flexibility index (Phi) is 3.20. The predicted molar refractivity (Wildman–Crippen MR) is 77.4 cm³/mol. The zero-order valence-corrected chi connectivity index (χ0v) is 12.0. The first-order valence-electron chi connectivity index (χ1n) is 6.83. The van der Waals surface area contributed by atoms with Crippen LogP contribution < -0.4 is 10.6 Å². The second-order valence-corrected chi connectivity index (χ2v) is 6.52. The average molecular weight is 266 g/mol. The molecule has 0 bridgehead atoms. The van der Waals surface area contributed by atoms with E-state index in [4.69, 9.17) is 5.73 Å². The Morgan fingerprint density at radius 3 is 2.78 bits per heavy atom. The van der Waals surface area contributed by atoms with Crippen molar-refractivity contribution in [1.82, 2.24) is 9.27 Å². The van der Waals surface area contributed by atoms with Gasteiger partial charge in [-0.15, -0.1) is 0 Å². The van der Waals surface area contributed by atoms with E-state index in [0.717, 1.165) is 18.9 Å². The van der Waals surface area contributed by atoms with Crippen molar-refractivity contribution in [3.8, 4) is 0 Å². The number of nitrogen functional groups attached to an aromatic ring is 1. The monoisotopic (exact) mass is 266 g/mol. The quantitative estimate of drug-likeness (QED) is 0.910. The third kappa shape index (κ3) is 2.21. The molecular formula is C13H22N4S. The smallest absolute Gasteiger partial charge is 0.142 e. The summed E-state index contributed by atoms with van der Waals surface area (Å²) in [5, 5.41) is 1.35. The number of rotatable bonds is 3. The molecule has 2 N–H and O–H groups in total. The Balaban J connectivity index is 1.81. The summed E-state index contributed by atoms with van der Waals surface area (Å²) in [6.45, 7) is 2.28. The van der Waals surface area contributed by atoms with Crippen molar-refractivity contribution in [1.29, 1.82) is 0 Å². The minimum atomic E-state index is 0.661. The van der Waals surface area contributed by atoms with Crippen molar-refractivity contribution in [3.63, 3.8) is 0 Å². The average Bonchev–Trinajstić information content (AvgIpc) is 3.12. The SMILES string of the molecule is CN(C)C1CCCN(c2snc(N)c2C2CC2)C1. The molecule has 100 valence electrons. The first-order valence-corrected chi connectivity index (χ1v) is 7.60. The van der Waals surface area contributed by atoms with Gasteiger partial charge in [-0.1, -0.05) is 0 Å². The summed E-state index contributed by atoms with van der Waals surface area (Å²) in [7, 11) is 4.36. The molecule has 0 spiro atoms. The van der Waals surface area contributed by atoms with Crippen molar-refractivity contribution in [3.05, 3.63) is 5.56 Å². The Morgan fingerprint density at radius 1 is 1.33 bits per heavy atom. The van der Waals surface area contributed by atoms with E-state index in [-0.39, 0.29) is 0 Å². The lowest BCUT2D eigenvalue weighted by molar-refractivity contribution is 0.258. The van der Waals surface area contributed by atoms with Gasteiger partial charge in [-0.05, 0) is 57.2 Å². The molecule has 1 aliphatic heterocycles. The van der Waals surface area contributed by atoms with Crippen LogP contribution in [0.15, 0.2) is 0 Å². The maximum atomic E-state index is 6.05. The van der Waals surface area contributed by atoms with Crippen LogP contribution in [0.3, 0.4) is 0 Å². The van der Waals surface area contributed by atoms with E-state index >= 15 is 0 Å². The van der Waals surface area contributed by atoms with E-state index in [2.05, 4.69) is 28.3 Å². The number of likely N-dealkylation sites (N-methyl/N-ethyl adjacent to an activating group) is 1. The van der Waals surface area contributed by atoms with Crippen molar-refractivity contribution >= 4 is 22.4 Å². The standard InChI is InChI=1S/C13H22N4S/c1-16(2)10-4-3-7-17(8-10)13-11(9-5-6-9)12(14)15-18-13/h9-10H,3-8H2,1-2H3,(H2,14,15). The Labute approximate surface area is 113 Å². The van der Waals surface area contributed by atoms with E-state index in [1.165, 1.54) is 36.2 Å². The molecule has 1 aromatic rings. The van der Waals surface area contributed by atoms with E-state index in [0.29, 0.717) is 12.0 Å². The van der Waals surface area contributed by atoms with Gasteiger partial charge < -0.3 is 15.5 Å². The third-order valence-corrected chi connectivity index (χ3v) is 5.08. The maximum absolute atomic E-state index is 6.05. The first kappa shape index (κ1) is 12.2. The van der Waals surface area contributed by atoms with Crippen LogP contribution in [0.4, 0.5) is 10.8 Å². The second kappa shape index (κ2) is 4.70. The van der Waals surface area contributed by atoms with E-state index in [1.54, 1.807) is 11.5 Å². The fourth-order valence-corrected chi connectivity index (χ4v) is 3.78. The van der Waals surface area contributed by atoms with Crippen LogP contribution in [-0.4, -0.2) is 42.5 Å². The minimum Gasteiger partial charge on any atom is -0.383 e. The van der Waals surface area contributed by atoms with Crippen LogP contribution in [0, 0.1) is 0 Å². The molecule has 18 heavy (non-hydrogen) atoms. The minimum absolute atomic E-state index is 0.661. The largest absolute Gasteiger partial charge is 0.383 e. The molecule has 1 saturated heterocycles. The van der Waals surface area contributed by atoms with Crippen LogP contribution >= 0.6 is 11.5 Å². The van der Waals surface area contributed by atoms with Gasteiger partial charge in [0, 0.05) is 24.7 Å². The molecule has 1 aliphatic carbocycles. The zero-order valence-electron chi connectivity index (χ0n) is 11.2. The molecule has 2 aliphatic rings. The molecule has 1 saturated carbocycles. The van der Waals surface area contributed by atoms with Gasteiger partial charge >= 0.3 is 0 Å². The molecule has 2 heterocycles. The van der Waals surface area contributed by atoms with Crippen molar-refractivity contribution < 1.29 is 0 Å². The van der Waals surface area contributed by atoms with Gasteiger partial charge in [-0.3, -0.25) is 0 Å². The van der Waals surface area contributed by atoms with Gasteiger partial charge in [-0.25, -0.2) is 0 Å². The van der Waals surface area contributed by atoms with Gasteiger partial charge in [0.1, 0.15) is 10.8 Å². The van der Waals surface area contributed by atoms with Crippen LogP contribution in [0.25, 0.3) is 0 Å². The van der Waals surface area contributed by atoms with E-state index < -0.39 is 0 Å². The third-order valence-electron chi connectivity index (χ3n) is 4.14. The normalized spacial score (nSPS) is 24.8. The fourth-order valence-electron chi connectivity index (χ4n) is 2.84. The van der Waals surface area contributed by atoms with Crippen LogP contribution in [0.1, 0.15) is 37.2 Å². The van der Waals surface area contributed by atoms with Gasteiger partial charge in [0.15, 0.2) is 0 Å². The number of hydrogen-bond donors (Lipinski definition) is 1. The summed E-state index contributed by atoms with van der Waals surface area (Å²) >= 11 is 1.60. The molecule has 1 aromatic heterocycles. The highest BCUT2D eigenvalue weighted by atomic mass is 32.1. The van der Waals surface area contributed by atoms with Gasteiger partial charge in [-0.2, -0.15) is 4.37 Å². The van der Waals surface area contributed by atoms with Crippen molar-refractivity contribution in [2.75, 3.05) is 37.8 Å². The first-order chi connectivity index (χ1) is 8.66. The lowest BCUT2D eigenvalue weighted by Gasteiger charge is -2.37. The summed E-state index contributed by atoms with van der Waals surface area (Å²) in [6.07, 6.45) is 5.16. The molecule has 0 aromatic carbocycles. The van der Waals surface area contributed by atoms with E-state index in [9.17, 15) is 0 Å². The summed E-state index contributed by atoms with van der Waals surface area (Å²) < 4.78 is 4.39. The molecule has 5 heteroatoms. The van der Waals surface area contributed by atoms with Crippen molar-refractivity contribution in [2.45, 2.75) is 37.6 Å². The molecule has 2 fully saturated rings. The van der Waals surface area contributed by atoms with Crippen LogP contribution in [0.2, 0.25) is 0 Å². The summed E-state index contributed by atoms with van der Waals surface area (Å²) in [5.41, 5.74) is 7.39. The lowest BCUT2D eigenvalue weighted by Crippen LogP contribution is -2.45. The Morgan fingerprint density at radius 2 is 2.11 bits per heavy atom. The number of aromatic nitrogens is 1. The highest BCUT2D eigenvalue weighted by Gasteiger charge is 2.33. The lowest BCUT2D eigenvalue weighted by atomic mass is 10.0. The highest BCUT2D eigenvalue weighted by molar-refractivity contribution is 7.10. The number of nitrogens with two attached hydrogens (primary N) is 1. The summed E-state index contributed by atoms with van der Waals surface area (Å²) in [4.78, 5) is 4.85. The van der Waals surface area contributed by atoms with Gasteiger partial charge in [0.2, 0.25) is 0 Å². The molecule has 3 rings (SSSR count). The zero-order chi connectivity index (χ0) is 12.7. The Hall–Kier alpha value is -0.810. The van der Waals surface area contributed by atoms with Gasteiger partial charge in [0.25, 0.3) is 0 Å². The number of piperidine rings is 1. The molecule has 4 nitrogen and oxygen atoms in total. The molecule has 1 unspecified atom stereocenters. The van der Waals surface area contributed by atoms with Crippen LogP contribution in [-0.2, 0) is 0 Å². The predicted octanol–water partition coefficient (Wildman–Crippen LogP) is 2.13. The molecular weight excluding hydrogens is 244 g/mol. The molecule has 0 radical (unpaired) electrons. The molecule has 0 amide bonds. The summed E-state index contributed by atoms with van der Waals surface area (Å²) in [6, 6.07) is 0.661. The number of nitrogens with zero attached hydrogens (tertiary/aromatic N) is 3. The maximum Gasteiger partial charge on any atom is 0.142 e. The van der Waals surface area contributed by atoms with Crippen molar-refractivity contribution in [2.24, 2.45) is 0 Å².